The van der Waals surface area contributed by atoms with Crippen LogP contribution in [0.15, 0.2) is 60.8 Å². The van der Waals surface area contributed by atoms with Crippen LogP contribution in [0, 0.1) is 0 Å². The number of benzene rings is 2. The summed E-state index contributed by atoms with van der Waals surface area (Å²) in [5, 5.41) is 18.0. The maximum atomic E-state index is 13.1. The third kappa shape index (κ3) is 3.19. The molecular weight excluding hydrogens is 342 g/mol. The molecule has 0 aliphatic carbocycles. The van der Waals surface area contributed by atoms with E-state index in [1.807, 2.05) is 54.6 Å². The zero-order chi connectivity index (χ0) is 18.9. The highest BCUT2D eigenvalue weighted by Gasteiger charge is 2.40. The Labute approximate surface area is 157 Å². The number of ether oxygens (including phenoxy) is 1. The molecule has 6 heteroatoms. The van der Waals surface area contributed by atoms with Gasteiger partial charge < -0.3 is 14.7 Å². The van der Waals surface area contributed by atoms with Crippen LogP contribution in [0.2, 0.25) is 0 Å². The Hall–Kier alpha value is -3.12. The molecule has 2 aromatic carbocycles. The van der Waals surface area contributed by atoms with Gasteiger partial charge in [-0.2, -0.15) is 5.10 Å². The Morgan fingerprint density at radius 2 is 2.04 bits per heavy atom. The standard InChI is InChI=1S/C21H21N3O3/c1-27-17-9-5-6-15(12-17)19-18(13-22-23-19)20(25)24-11-10-21(26,14-24)16-7-3-2-4-8-16/h2-9,12-13,26H,10-11,14H2,1H3,(H,22,23)/t21-/m0/s1. The second kappa shape index (κ2) is 6.89. The third-order valence-corrected chi connectivity index (χ3v) is 5.07. The molecule has 138 valence electrons. The first kappa shape index (κ1) is 17.3. The molecule has 0 unspecified atom stereocenters. The highest BCUT2D eigenvalue weighted by Crippen LogP contribution is 2.33. The summed E-state index contributed by atoms with van der Waals surface area (Å²) >= 11 is 0. The van der Waals surface area contributed by atoms with Gasteiger partial charge >= 0.3 is 0 Å². The summed E-state index contributed by atoms with van der Waals surface area (Å²) in [6, 6.07) is 17.0. The number of nitrogens with zero attached hydrogens (tertiary/aromatic N) is 2. The molecule has 27 heavy (non-hydrogen) atoms. The molecule has 6 nitrogen and oxygen atoms in total. The van der Waals surface area contributed by atoms with Crippen molar-refractivity contribution in [3.8, 4) is 17.0 Å². The van der Waals surface area contributed by atoms with Crippen molar-refractivity contribution in [2.45, 2.75) is 12.0 Å². The SMILES string of the molecule is COc1cccc(-c2[nH]ncc2C(=O)N2CC[C@@](O)(c3ccccc3)C2)c1. The van der Waals surface area contributed by atoms with Crippen LogP contribution < -0.4 is 4.74 Å². The molecule has 0 saturated carbocycles. The van der Waals surface area contributed by atoms with Gasteiger partial charge in [0.1, 0.15) is 11.4 Å². The maximum absolute atomic E-state index is 13.1. The van der Waals surface area contributed by atoms with Gasteiger partial charge in [-0.25, -0.2) is 0 Å². The number of carbonyl (C=O) groups is 1. The zero-order valence-corrected chi connectivity index (χ0v) is 15.1. The van der Waals surface area contributed by atoms with Gasteiger partial charge in [0.2, 0.25) is 0 Å². The molecule has 0 spiro atoms. The molecule has 0 bridgehead atoms. The maximum Gasteiger partial charge on any atom is 0.257 e. The van der Waals surface area contributed by atoms with Crippen LogP contribution in [-0.2, 0) is 5.60 Å². The van der Waals surface area contributed by atoms with E-state index in [2.05, 4.69) is 10.2 Å². The molecule has 1 saturated heterocycles. The van der Waals surface area contributed by atoms with Crippen molar-refractivity contribution in [1.82, 2.24) is 15.1 Å². The summed E-state index contributed by atoms with van der Waals surface area (Å²) in [6.07, 6.45) is 2.05. The zero-order valence-electron chi connectivity index (χ0n) is 15.1. The number of carbonyl (C=O) groups excluding carboxylic acids is 1. The van der Waals surface area contributed by atoms with Gasteiger partial charge in [-0.3, -0.25) is 9.89 Å². The molecule has 1 aliphatic rings. The monoisotopic (exact) mass is 363 g/mol. The lowest BCUT2D eigenvalue weighted by Gasteiger charge is -2.24. The summed E-state index contributed by atoms with van der Waals surface area (Å²) in [4.78, 5) is 14.8. The van der Waals surface area contributed by atoms with E-state index >= 15 is 0 Å². The third-order valence-electron chi connectivity index (χ3n) is 5.07. The molecule has 4 rings (SSSR count). The smallest absolute Gasteiger partial charge is 0.257 e. The number of β-amino-alcohol motifs (C(OH)–C–C–N with tert-alkyl or cyclic N) is 1. The normalized spacial score (nSPS) is 19.3. The number of rotatable bonds is 4. The molecule has 1 fully saturated rings. The number of H-pyrrole nitrogens is 1. The lowest BCUT2D eigenvalue weighted by Crippen LogP contribution is -2.34. The minimum atomic E-state index is -1.02. The van der Waals surface area contributed by atoms with Crippen LogP contribution in [0.25, 0.3) is 11.3 Å². The summed E-state index contributed by atoms with van der Waals surface area (Å²) in [5.41, 5.74) is 1.78. The van der Waals surface area contributed by atoms with Crippen LogP contribution in [-0.4, -0.2) is 46.3 Å². The lowest BCUT2D eigenvalue weighted by molar-refractivity contribution is 0.0417. The molecule has 2 heterocycles. The van der Waals surface area contributed by atoms with Gasteiger partial charge in [0, 0.05) is 12.1 Å². The first-order valence-electron chi connectivity index (χ1n) is 8.86. The predicted molar refractivity (Wildman–Crippen MR) is 101 cm³/mol. The molecule has 1 aromatic heterocycles. The van der Waals surface area contributed by atoms with Crippen LogP contribution in [0.1, 0.15) is 22.3 Å². The van der Waals surface area contributed by atoms with Crippen LogP contribution in [0.3, 0.4) is 0 Å². The fourth-order valence-corrected chi connectivity index (χ4v) is 3.57. The van der Waals surface area contributed by atoms with E-state index in [1.165, 1.54) is 6.20 Å². The topological polar surface area (TPSA) is 78.5 Å². The van der Waals surface area contributed by atoms with E-state index in [-0.39, 0.29) is 12.5 Å². The number of aromatic nitrogens is 2. The Balaban J connectivity index is 1.59. The van der Waals surface area contributed by atoms with Crippen LogP contribution >= 0.6 is 0 Å². The van der Waals surface area contributed by atoms with Crippen molar-refractivity contribution in [2.24, 2.45) is 0 Å². The number of nitrogens with one attached hydrogen (secondary N) is 1. The summed E-state index contributed by atoms with van der Waals surface area (Å²) < 4.78 is 5.27. The van der Waals surface area contributed by atoms with Gasteiger partial charge in [0.15, 0.2) is 0 Å². The highest BCUT2D eigenvalue weighted by molar-refractivity contribution is 6.00. The molecule has 1 atom stereocenters. The number of amides is 1. The van der Waals surface area contributed by atoms with E-state index in [1.54, 1.807) is 12.0 Å². The van der Waals surface area contributed by atoms with E-state index in [4.69, 9.17) is 4.74 Å². The van der Waals surface area contributed by atoms with Gasteiger partial charge in [-0.05, 0) is 24.1 Å². The van der Waals surface area contributed by atoms with Crippen molar-refractivity contribution < 1.29 is 14.6 Å². The molecular formula is C21H21N3O3. The van der Waals surface area contributed by atoms with Crippen molar-refractivity contribution in [2.75, 3.05) is 20.2 Å². The average molecular weight is 363 g/mol. The minimum absolute atomic E-state index is 0.145. The van der Waals surface area contributed by atoms with Gasteiger partial charge in [0.05, 0.1) is 31.1 Å². The van der Waals surface area contributed by atoms with Gasteiger partial charge in [-0.15, -0.1) is 0 Å². The predicted octanol–water partition coefficient (Wildman–Crippen LogP) is 2.82. The summed E-state index contributed by atoms with van der Waals surface area (Å²) in [6.45, 7) is 0.755. The van der Waals surface area contributed by atoms with Crippen molar-refractivity contribution in [3.63, 3.8) is 0 Å². The minimum Gasteiger partial charge on any atom is -0.497 e. The van der Waals surface area contributed by atoms with Gasteiger partial charge in [0.25, 0.3) is 5.91 Å². The van der Waals surface area contributed by atoms with Crippen molar-refractivity contribution in [3.05, 3.63) is 71.9 Å². The van der Waals surface area contributed by atoms with Crippen molar-refractivity contribution in [1.29, 1.82) is 0 Å². The lowest BCUT2D eigenvalue weighted by atomic mass is 9.93. The molecule has 1 aliphatic heterocycles. The number of likely N-dealkylation sites (tertiary alicyclic amines) is 1. The molecule has 1 amide bonds. The first-order valence-corrected chi connectivity index (χ1v) is 8.86. The number of hydrogen-bond donors (Lipinski definition) is 2. The molecule has 0 radical (unpaired) electrons. The quantitative estimate of drug-likeness (QED) is 0.747. The average Bonchev–Trinajstić information content (AvgIpc) is 3.36. The summed E-state index contributed by atoms with van der Waals surface area (Å²) in [7, 11) is 1.60. The Morgan fingerprint density at radius 3 is 2.81 bits per heavy atom. The molecule has 2 N–H and O–H groups in total. The number of methoxy groups -OCH3 is 1. The highest BCUT2D eigenvalue weighted by atomic mass is 16.5. The van der Waals surface area contributed by atoms with Crippen LogP contribution in [0.5, 0.6) is 5.75 Å². The van der Waals surface area contributed by atoms with Crippen molar-refractivity contribution >= 4 is 5.91 Å². The van der Waals surface area contributed by atoms with E-state index in [0.29, 0.717) is 30.0 Å². The Kier molecular flexibility index (Phi) is 4.41. The largest absolute Gasteiger partial charge is 0.497 e. The number of hydrogen-bond acceptors (Lipinski definition) is 4. The van der Waals surface area contributed by atoms with Crippen LogP contribution in [0.4, 0.5) is 0 Å². The molecule has 3 aromatic rings. The number of aliphatic hydroxyl groups is 1. The van der Waals surface area contributed by atoms with E-state index in [0.717, 1.165) is 11.1 Å². The fourth-order valence-electron chi connectivity index (χ4n) is 3.57. The summed E-state index contributed by atoms with van der Waals surface area (Å²) in [5.74, 6) is 0.563. The van der Waals surface area contributed by atoms with E-state index in [9.17, 15) is 9.90 Å². The second-order valence-electron chi connectivity index (χ2n) is 6.76. The second-order valence-corrected chi connectivity index (χ2v) is 6.76. The van der Waals surface area contributed by atoms with E-state index < -0.39 is 5.60 Å². The first-order chi connectivity index (χ1) is 13.1. The Morgan fingerprint density at radius 1 is 1.22 bits per heavy atom. The van der Waals surface area contributed by atoms with Gasteiger partial charge in [-0.1, -0.05) is 42.5 Å². The fraction of sp³-hybridized carbons (Fsp3) is 0.238. The Bertz CT molecular complexity index is 954. The number of aromatic amines is 1.